The molecule has 1 heterocycles. The van der Waals surface area contributed by atoms with Gasteiger partial charge in [-0.15, -0.1) is 0 Å². The largest absolute Gasteiger partial charge is 0.436 e. The number of carbonyl (C=O) groups excluding carboxylic acids is 2. The third-order valence-electron chi connectivity index (χ3n) is 4.02. The summed E-state index contributed by atoms with van der Waals surface area (Å²) < 4.78 is 5.86. The molecular formula is C20H19N3O3. The van der Waals surface area contributed by atoms with E-state index in [1.165, 1.54) is 6.92 Å². The second-order valence-electron chi connectivity index (χ2n) is 6.04. The Morgan fingerprint density at radius 3 is 2.50 bits per heavy atom. The Morgan fingerprint density at radius 1 is 1.12 bits per heavy atom. The van der Waals surface area contributed by atoms with Crippen LogP contribution in [0.5, 0.6) is 0 Å². The van der Waals surface area contributed by atoms with Crippen molar-refractivity contribution in [3.8, 4) is 22.8 Å². The van der Waals surface area contributed by atoms with Gasteiger partial charge in [-0.2, -0.15) is 0 Å². The number of aromatic nitrogens is 1. The minimum Gasteiger partial charge on any atom is -0.436 e. The Balaban J connectivity index is 1.92. The molecule has 0 saturated carbocycles. The molecule has 0 aliphatic rings. The van der Waals surface area contributed by atoms with Crippen LogP contribution in [-0.4, -0.2) is 22.8 Å². The number of primary amides is 1. The molecule has 3 N–H and O–H groups in total. The molecule has 0 saturated heterocycles. The minimum atomic E-state index is -0.775. The average Bonchev–Trinajstić information content (AvgIpc) is 3.12. The van der Waals surface area contributed by atoms with Crippen molar-refractivity contribution in [1.82, 2.24) is 10.3 Å². The van der Waals surface area contributed by atoms with Crippen molar-refractivity contribution in [2.45, 2.75) is 19.9 Å². The molecule has 0 aliphatic carbocycles. The number of hydrogen-bond donors (Lipinski definition) is 2. The zero-order valence-corrected chi connectivity index (χ0v) is 14.5. The van der Waals surface area contributed by atoms with Crippen LogP contribution < -0.4 is 11.1 Å². The maximum atomic E-state index is 12.5. The molecule has 3 rings (SSSR count). The summed E-state index contributed by atoms with van der Waals surface area (Å²) in [6.07, 6.45) is 1.63. The lowest BCUT2D eigenvalue weighted by molar-refractivity contribution is -0.119. The van der Waals surface area contributed by atoms with Crippen LogP contribution in [0.25, 0.3) is 22.8 Å². The second kappa shape index (κ2) is 7.23. The fourth-order valence-corrected chi connectivity index (χ4v) is 2.46. The normalized spacial score (nSPS) is 11.8. The molecule has 2 aromatic carbocycles. The molecule has 132 valence electrons. The van der Waals surface area contributed by atoms with Gasteiger partial charge in [-0.25, -0.2) is 4.98 Å². The van der Waals surface area contributed by atoms with Crippen LogP contribution in [-0.2, 0) is 4.79 Å². The maximum absolute atomic E-state index is 12.5. The van der Waals surface area contributed by atoms with E-state index in [2.05, 4.69) is 10.3 Å². The summed E-state index contributed by atoms with van der Waals surface area (Å²) in [6, 6.07) is 14.0. The van der Waals surface area contributed by atoms with Gasteiger partial charge in [0.2, 0.25) is 11.8 Å². The Bertz CT molecular complexity index is 945. The van der Waals surface area contributed by atoms with Crippen molar-refractivity contribution < 1.29 is 14.0 Å². The lowest BCUT2D eigenvalue weighted by Gasteiger charge is -2.11. The fourth-order valence-electron chi connectivity index (χ4n) is 2.46. The highest BCUT2D eigenvalue weighted by Gasteiger charge is 2.19. The van der Waals surface area contributed by atoms with Crippen molar-refractivity contribution in [2.24, 2.45) is 5.73 Å². The number of nitrogens with one attached hydrogen (secondary N) is 1. The first-order valence-electron chi connectivity index (χ1n) is 8.18. The number of rotatable bonds is 5. The molecule has 0 fully saturated rings. The lowest BCUT2D eigenvalue weighted by atomic mass is 10.1. The van der Waals surface area contributed by atoms with Crippen molar-refractivity contribution in [1.29, 1.82) is 0 Å². The Morgan fingerprint density at radius 2 is 1.81 bits per heavy atom. The number of benzene rings is 2. The van der Waals surface area contributed by atoms with Crippen LogP contribution in [0.1, 0.15) is 22.8 Å². The molecule has 0 radical (unpaired) electrons. The Labute approximate surface area is 151 Å². The van der Waals surface area contributed by atoms with Gasteiger partial charge in [0.1, 0.15) is 6.04 Å². The van der Waals surface area contributed by atoms with E-state index in [1.54, 1.807) is 30.5 Å². The molecule has 2 amide bonds. The van der Waals surface area contributed by atoms with Gasteiger partial charge in [-0.05, 0) is 26.0 Å². The van der Waals surface area contributed by atoms with Crippen LogP contribution in [0.2, 0.25) is 0 Å². The highest BCUT2D eigenvalue weighted by molar-refractivity contribution is 6.01. The molecule has 26 heavy (non-hydrogen) atoms. The van der Waals surface area contributed by atoms with Crippen molar-refractivity contribution in [3.63, 3.8) is 0 Å². The summed E-state index contributed by atoms with van der Waals surface area (Å²) in [4.78, 5) is 28.0. The minimum absolute atomic E-state index is 0.332. The summed E-state index contributed by atoms with van der Waals surface area (Å²) in [7, 11) is 0. The monoisotopic (exact) mass is 349 g/mol. The zero-order valence-electron chi connectivity index (χ0n) is 14.5. The summed E-state index contributed by atoms with van der Waals surface area (Å²) in [5, 5.41) is 2.57. The standard InChI is InChI=1S/C20H19N3O3/c1-12-7-9-14(10-8-12)17-11-22-20(26-17)16-6-4-3-5-15(16)19(25)23-13(2)18(21)24/h3-11,13H,1-2H3,(H2,21,24)(H,23,25). The van der Waals surface area contributed by atoms with E-state index in [9.17, 15) is 9.59 Å². The Hall–Kier alpha value is -3.41. The van der Waals surface area contributed by atoms with E-state index >= 15 is 0 Å². The smallest absolute Gasteiger partial charge is 0.252 e. The summed E-state index contributed by atoms with van der Waals surface area (Å²) in [5.41, 5.74) is 8.16. The number of aryl methyl sites for hydroxylation is 1. The molecule has 0 aliphatic heterocycles. The summed E-state index contributed by atoms with van der Waals surface area (Å²) in [5.74, 6) is -0.0747. The fraction of sp³-hybridized carbons (Fsp3) is 0.150. The highest BCUT2D eigenvalue weighted by atomic mass is 16.4. The number of oxazole rings is 1. The molecule has 6 heteroatoms. The number of carbonyl (C=O) groups is 2. The van der Waals surface area contributed by atoms with Crippen molar-refractivity contribution in [3.05, 3.63) is 65.9 Å². The van der Waals surface area contributed by atoms with Crippen LogP contribution >= 0.6 is 0 Å². The predicted molar refractivity (Wildman–Crippen MR) is 98.2 cm³/mol. The molecule has 6 nitrogen and oxygen atoms in total. The van der Waals surface area contributed by atoms with E-state index in [0.717, 1.165) is 11.1 Å². The number of amides is 2. The van der Waals surface area contributed by atoms with Gasteiger partial charge >= 0.3 is 0 Å². The topological polar surface area (TPSA) is 98.2 Å². The molecule has 0 spiro atoms. The van der Waals surface area contributed by atoms with E-state index in [1.807, 2.05) is 31.2 Å². The van der Waals surface area contributed by atoms with Gasteiger partial charge in [0.05, 0.1) is 11.8 Å². The molecule has 1 atom stereocenters. The van der Waals surface area contributed by atoms with Gasteiger partial charge in [-0.1, -0.05) is 42.0 Å². The summed E-state index contributed by atoms with van der Waals surface area (Å²) in [6.45, 7) is 3.54. The van der Waals surface area contributed by atoms with Crippen molar-refractivity contribution >= 4 is 11.8 Å². The first kappa shape index (κ1) is 17.4. The van der Waals surface area contributed by atoms with Crippen LogP contribution in [0.15, 0.2) is 59.1 Å². The SMILES string of the molecule is Cc1ccc(-c2cnc(-c3ccccc3C(=O)NC(C)C(N)=O)o2)cc1. The molecule has 1 aromatic heterocycles. The molecule has 1 unspecified atom stereocenters. The molecule has 3 aromatic rings. The lowest BCUT2D eigenvalue weighted by Crippen LogP contribution is -2.42. The van der Waals surface area contributed by atoms with E-state index in [-0.39, 0.29) is 0 Å². The number of hydrogen-bond acceptors (Lipinski definition) is 4. The van der Waals surface area contributed by atoms with Gasteiger partial charge in [0, 0.05) is 11.1 Å². The van der Waals surface area contributed by atoms with Gasteiger partial charge in [-0.3, -0.25) is 9.59 Å². The van der Waals surface area contributed by atoms with Crippen LogP contribution in [0.3, 0.4) is 0 Å². The number of nitrogens with zero attached hydrogens (tertiary/aromatic N) is 1. The zero-order chi connectivity index (χ0) is 18.7. The van der Waals surface area contributed by atoms with Gasteiger partial charge in [0.25, 0.3) is 5.91 Å². The third-order valence-corrected chi connectivity index (χ3v) is 4.02. The van der Waals surface area contributed by atoms with E-state index < -0.39 is 17.9 Å². The van der Waals surface area contributed by atoms with Gasteiger partial charge in [0.15, 0.2) is 5.76 Å². The average molecular weight is 349 g/mol. The second-order valence-corrected chi connectivity index (χ2v) is 6.04. The molecule has 0 bridgehead atoms. The maximum Gasteiger partial charge on any atom is 0.252 e. The predicted octanol–water partition coefficient (Wildman–Crippen LogP) is 2.92. The van der Waals surface area contributed by atoms with E-state index in [4.69, 9.17) is 10.2 Å². The van der Waals surface area contributed by atoms with E-state index in [0.29, 0.717) is 22.8 Å². The van der Waals surface area contributed by atoms with Gasteiger partial charge < -0.3 is 15.5 Å². The number of nitrogens with two attached hydrogens (primary N) is 1. The van der Waals surface area contributed by atoms with Crippen LogP contribution in [0.4, 0.5) is 0 Å². The summed E-state index contributed by atoms with van der Waals surface area (Å²) >= 11 is 0. The first-order chi connectivity index (χ1) is 12.5. The van der Waals surface area contributed by atoms with Crippen LogP contribution in [0, 0.1) is 6.92 Å². The highest BCUT2D eigenvalue weighted by Crippen LogP contribution is 2.28. The third kappa shape index (κ3) is 3.64. The van der Waals surface area contributed by atoms with Crippen molar-refractivity contribution in [2.75, 3.05) is 0 Å². The Kier molecular flexibility index (Phi) is 4.84. The molecular weight excluding hydrogens is 330 g/mol. The quantitative estimate of drug-likeness (QED) is 0.740. The first-order valence-corrected chi connectivity index (χ1v) is 8.18.